The van der Waals surface area contributed by atoms with Crippen molar-refractivity contribution in [2.45, 2.75) is 32.7 Å². The maximum absolute atomic E-state index is 14.2. The summed E-state index contributed by atoms with van der Waals surface area (Å²) in [5, 5.41) is 0. The predicted molar refractivity (Wildman–Crippen MR) is 97.4 cm³/mol. The van der Waals surface area contributed by atoms with E-state index in [4.69, 9.17) is 9.47 Å². The third kappa shape index (κ3) is 4.72. The van der Waals surface area contributed by atoms with E-state index in [1.807, 2.05) is 13.0 Å². The highest BCUT2D eigenvalue weighted by atomic mass is 19.1. The summed E-state index contributed by atoms with van der Waals surface area (Å²) in [6, 6.07) is 5.03. The Morgan fingerprint density at radius 1 is 1.16 bits per heavy atom. The Hall–Kier alpha value is -1.17. The highest BCUT2D eigenvalue weighted by molar-refractivity contribution is 5.29. The number of hydrogen-bond acceptors (Lipinski definition) is 4. The lowest BCUT2D eigenvalue weighted by Gasteiger charge is -2.40. The number of piperidine rings is 1. The van der Waals surface area contributed by atoms with Crippen molar-refractivity contribution in [2.24, 2.45) is 5.41 Å². The van der Waals surface area contributed by atoms with Gasteiger partial charge in [0.05, 0.1) is 13.7 Å². The summed E-state index contributed by atoms with van der Waals surface area (Å²) in [5.41, 5.74) is 1.11. The molecule has 0 aliphatic carbocycles. The second-order valence-electron chi connectivity index (χ2n) is 7.49. The van der Waals surface area contributed by atoms with E-state index in [1.54, 1.807) is 13.2 Å². The van der Waals surface area contributed by atoms with Gasteiger partial charge >= 0.3 is 0 Å². The Balaban J connectivity index is 1.58. The number of ether oxygens (including phenoxy) is 2. The molecule has 2 heterocycles. The summed E-state index contributed by atoms with van der Waals surface area (Å²) in [6.07, 6.45) is 3.73. The topological polar surface area (TPSA) is 24.9 Å². The van der Waals surface area contributed by atoms with Crippen LogP contribution >= 0.6 is 0 Å². The van der Waals surface area contributed by atoms with Crippen molar-refractivity contribution >= 4 is 0 Å². The minimum absolute atomic E-state index is 0.134. The molecule has 4 nitrogen and oxygen atoms in total. The van der Waals surface area contributed by atoms with Gasteiger partial charge in [0.2, 0.25) is 0 Å². The number of hydrogen-bond donors (Lipinski definition) is 0. The zero-order valence-corrected chi connectivity index (χ0v) is 15.6. The second-order valence-corrected chi connectivity index (χ2v) is 7.49. The predicted octanol–water partition coefficient (Wildman–Crippen LogP) is 3.16. The van der Waals surface area contributed by atoms with Gasteiger partial charge in [-0.2, -0.15) is 0 Å². The van der Waals surface area contributed by atoms with Gasteiger partial charge < -0.3 is 14.4 Å². The van der Waals surface area contributed by atoms with E-state index in [2.05, 4.69) is 9.80 Å². The molecule has 0 amide bonds. The van der Waals surface area contributed by atoms with Crippen molar-refractivity contribution in [1.82, 2.24) is 9.80 Å². The van der Waals surface area contributed by atoms with Crippen LogP contribution in [0, 0.1) is 11.2 Å². The first kappa shape index (κ1) is 18.6. The minimum Gasteiger partial charge on any atom is -0.497 e. The second kappa shape index (κ2) is 8.47. The van der Waals surface area contributed by atoms with Crippen LogP contribution in [0.25, 0.3) is 0 Å². The van der Waals surface area contributed by atoms with Gasteiger partial charge in [0, 0.05) is 38.3 Å². The number of methoxy groups -OCH3 is 1. The molecule has 1 aromatic rings. The first-order valence-electron chi connectivity index (χ1n) is 9.49. The van der Waals surface area contributed by atoms with Gasteiger partial charge in [0.1, 0.15) is 11.6 Å². The molecule has 0 bridgehead atoms. The van der Waals surface area contributed by atoms with Crippen molar-refractivity contribution in [2.75, 3.05) is 53.0 Å². The van der Waals surface area contributed by atoms with Gasteiger partial charge in [-0.3, -0.25) is 4.90 Å². The molecule has 2 saturated heterocycles. The number of likely N-dealkylation sites (tertiary alicyclic amines) is 2. The zero-order chi connectivity index (χ0) is 17.7. The first-order valence-corrected chi connectivity index (χ1v) is 9.49. The zero-order valence-electron chi connectivity index (χ0n) is 15.6. The maximum atomic E-state index is 14.2. The highest BCUT2D eigenvalue weighted by Gasteiger charge is 2.41. The molecular weight excluding hydrogens is 319 g/mol. The lowest BCUT2D eigenvalue weighted by Crippen LogP contribution is -2.44. The number of nitrogens with zero attached hydrogens (tertiary/aromatic N) is 2. The van der Waals surface area contributed by atoms with E-state index in [1.165, 1.54) is 25.3 Å². The van der Waals surface area contributed by atoms with Crippen LogP contribution in [0.5, 0.6) is 5.75 Å². The largest absolute Gasteiger partial charge is 0.497 e. The summed E-state index contributed by atoms with van der Waals surface area (Å²) in [6.45, 7) is 9.79. The molecule has 3 rings (SSSR count). The van der Waals surface area contributed by atoms with E-state index in [-0.39, 0.29) is 5.82 Å². The standard InChI is InChI=1S/C20H31FN2O2/c1-3-25-12-11-22-10-8-20(15-22)7-4-9-23(16-20)14-17-13-18(24-2)5-6-19(17)21/h5-6,13H,3-4,7-12,14-16H2,1-2H3. The Kier molecular flexibility index (Phi) is 6.31. The quantitative estimate of drug-likeness (QED) is 0.705. The first-order chi connectivity index (χ1) is 12.1. The fraction of sp³-hybridized carbons (Fsp3) is 0.700. The SMILES string of the molecule is CCOCCN1CCC2(CCCN(Cc3cc(OC)ccc3F)C2)C1. The third-order valence-corrected chi connectivity index (χ3v) is 5.66. The van der Waals surface area contributed by atoms with E-state index in [0.717, 1.165) is 57.3 Å². The molecule has 140 valence electrons. The highest BCUT2D eigenvalue weighted by Crippen LogP contribution is 2.39. The monoisotopic (exact) mass is 350 g/mol. The Morgan fingerprint density at radius 2 is 2.00 bits per heavy atom. The maximum Gasteiger partial charge on any atom is 0.127 e. The van der Waals surface area contributed by atoms with Gasteiger partial charge in [0.15, 0.2) is 0 Å². The van der Waals surface area contributed by atoms with E-state index in [0.29, 0.717) is 12.0 Å². The average molecular weight is 350 g/mol. The lowest BCUT2D eigenvalue weighted by atomic mass is 9.79. The fourth-order valence-corrected chi connectivity index (χ4v) is 4.37. The van der Waals surface area contributed by atoms with Crippen LogP contribution in [0.15, 0.2) is 18.2 Å². The molecular formula is C20H31FN2O2. The van der Waals surface area contributed by atoms with Gasteiger partial charge in [0.25, 0.3) is 0 Å². The van der Waals surface area contributed by atoms with Crippen molar-refractivity contribution in [3.05, 3.63) is 29.6 Å². The molecule has 5 heteroatoms. The van der Waals surface area contributed by atoms with Crippen molar-refractivity contribution in [1.29, 1.82) is 0 Å². The number of benzene rings is 1. The van der Waals surface area contributed by atoms with Gasteiger partial charge in [-0.1, -0.05) is 0 Å². The molecule has 2 fully saturated rings. The van der Waals surface area contributed by atoms with Crippen LogP contribution in [0.3, 0.4) is 0 Å². The Morgan fingerprint density at radius 3 is 2.80 bits per heavy atom. The molecule has 1 unspecified atom stereocenters. The van der Waals surface area contributed by atoms with Crippen LogP contribution in [0.2, 0.25) is 0 Å². The van der Waals surface area contributed by atoms with Crippen LogP contribution < -0.4 is 4.74 Å². The normalized spacial score (nSPS) is 24.9. The average Bonchev–Trinajstić information content (AvgIpc) is 2.99. The number of rotatable bonds is 7. The molecule has 1 aromatic carbocycles. The Labute approximate surface area is 150 Å². The summed E-state index contributed by atoms with van der Waals surface area (Å²) >= 11 is 0. The molecule has 0 radical (unpaired) electrons. The van der Waals surface area contributed by atoms with Gasteiger partial charge in [-0.05, 0) is 62.9 Å². The molecule has 1 spiro atoms. The summed E-state index contributed by atoms with van der Waals surface area (Å²) in [4.78, 5) is 4.96. The summed E-state index contributed by atoms with van der Waals surface area (Å²) < 4.78 is 24.9. The van der Waals surface area contributed by atoms with Crippen LogP contribution in [-0.2, 0) is 11.3 Å². The van der Waals surface area contributed by atoms with Crippen LogP contribution in [-0.4, -0.2) is 62.8 Å². The molecule has 0 aromatic heterocycles. The summed E-state index contributed by atoms with van der Waals surface area (Å²) in [7, 11) is 1.63. The molecule has 2 aliphatic heterocycles. The van der Waals surface area contributed by atoms with Crippen LogP contribution in [0.1, 0.15) is 31.7 Å². The Bertz CT molecular complexity index is 569. The summed E-state index contributed by atoms with van der Waals surface area (Å²) in [5.74, 6) is 0.594. The molecule has 0 N–H and O–H groups in total. The number of halogens is 1. The van der Waals surface area contributed by atoms with Gasteiger partial charge in [-0.15, -0.1) is 0 Å². The third-order valence-electron chi connectivity index (χ3n) is 5.66. The molecule has 0 saturated carbocycles. The molecule has 25 heavy (non-hydrogen) atoms. The molecule has 2 aliphatic rings. The lowest BCUT2D eigenvalue weighted by molar-refractivity contribution is 0.0776. The van der Waals surface area contributed by atoms with E-state index >= 15 is 0 Å². The van der Waals surface area contributed by atoms with E-state index in [9.17, 15) is 4.39 Å². The van der Waals surface area contributed by atoms with Crippen molar-refractivity contribution < 1.29 is 13.9 Å². The molecule has 1 atom stereocenters. The van der Waals surface area contributed by atoms with Crippen LogP contribution in [0.4, 0.5) is 4.39 Å². The van der Waals surface area contributed by atoms with Gasteiger partial charge in [-0.25, -0.2) is 4.39 Å². The van der Waals surface area contributed by atoms with Crippen molar-refractivity contribution in [3.63, 3.8) is 0 Å². The fourth-order valence-electron chi connectivity index (χ4n) is 4.37. The smallest absolute Gasteiger partial charge is 0.127 e. The minimum atomic E-state index is -0.134. The van der Waals surface area contributed by atoms with Crippen molar-refractivity contribution in [3.8, 4) is 5.75 Å². The van der Waals surface area contributed by atoms with E-state index < -0.39 is 0 Å².